The van der Waals surface area contributed by atoms with Crippen molar-refractivity contribution in [3.8, 4) is 22.8 Å². The van der Waals surface area contributed by atoms with E-state index in [1.807, 2.05) is 20.8 Å². The minimum atomic E-state index is -0.443. The van der Waals surface area contributed by atoms with Crippen LogP contribution in [0.15, 0.2) is 47.5 Å². The first-order chi connectivity index (χ1) is 14.4. The van der Waals surface area contributed by atoms with E-state index >= 15 is 0 Å². The van der Waals surface area contributed by atoms with E-state index < -0.39 is 5.69 Å². The van der Waals surface area contributed by atoms with E-state index in [2.05, 4.69) is 15.4 Å². The highest BCUT2D eigenvalue weighted by Crippen LogP contribution is 2.27. The van der Waals surface area contributed by atoms with Crippen LogP contribution in [0.1, 0.15) is 27.2 Å². The Morgan fingerprint density at radius 1 is 1.23 bits per heavy atom. The number of hydrogen-bond donors (Lipinski definition) is 1. The van der Waals surface area contributed by atoms with Crippen molar-refractivity contribution in [1.29, 1.82) is 0 Å². The largest absolute Gasteiger partial charge is 0.491 e. The first-order valence-electron chi connectivity index (χ1n) is 9.74. The van der Waals surface area contributed by atoms with Gasteiger partial charge < -0.3 is 10.1 Å². The van der Waals surface area contributed by atoms with Crippen LogP contribution in [0, 0.1) is 0 Å². The van der Waals surface area contributed by atoms with Crippen molar-refractivity contribution in [2.24, 2.45) is 0 Å². The number of hydrogen-bond acceptors (Lipinski definition) is 5. The van der Waals surface area contributed by atoms with E-state index in [0.29, 0.717) is 34.4 Å². The van der Waals surface area contributed by atoms with Crippen LogP contribution in [0.2, 0.25) is 5.02 Å². The zero-order chi connectivity index (χ0) is 21.7. The lowest BCUT2D eigenvalue weighted by Gasteiger charge is -2.11. The molecule has 0 spiro atoms. The molecule has 3 aromatic rings. The van der Waals surface area contributed by atoms with Crippen LogP contribution in [-0.2, 0) is 11.3 Å². The van der Waals surface area contributed by atoms with Crippen molar-refractivity contribution >= 4 is 17.5 Å². The molecule has 0 aliphatic rings. The van der Waals surface area contributed by atoms with Crippen LogP contribution in [-0.4, -0.2) is 37.9 Å². The monoisotopic (exact) mass is 429 g/mol. The molecule has 158 valence electrons. The van der Waals surface area contributed by atoms with Crippen LogP contribution in [0.4, 0.5) is 0 Å². The molecule has 0 aliphatic carbocycles. The molecule has 1 N–H and O–H groups in total. The first kappa shape index (κ1) is 21.6. The van der Waals surface area contributed by atoms with Crippen molar-refractivity contribution in [3.05, 3.63) is 58.2 Å². The number of rotatable bonds is 8. The summed E-state index contributed by atoms with van der Waals surface area (Å²) in [6, 6.07) is 8.77. The molecule has 0 saturated heterocycles. The molecule has 8 nitrogen and oxygen atoms in total. The smallest absolute Gasteiger partial charge is 0.351 e. The molecule has 0 atom stereocenters. The second-order valence-corrected chi connectivity index (χ2v) is 7.37. The zero-order valence-corrected chi connectivity index (χ0v) is 17.9. The lowest BCUT2D eigenvalue weighted by molar-refractivity contribution is -0.121. The van der Waals surface area contributed by atoms with E-state index in [-0.39, 0.29) is 18.6 Å². The Morgan fingerprint density at radius 2 is 1.97 bits per heavy atom. The minimum Gasteiger partial charge on any atom is -0.491 e. The molecule has 2 heterocycles. The molecule has 1 aromatic carbocycles. The summed E-state index contributed by atoms with van der Waals surface area (Å²) in [6.07, 6.45) is 3.90. The Kier molecular flexibility index (Phi) is 6.89. The number of aromatic nitrogens is 4. The van der Waals surface area contributed by atoms with Crippen molar-refractivity contribution in [1.82, 2.24) is 24.6 Å². The van der Waals surface area contributed by atoms with Gasteiger partial charge in [0.25, 0.3) is 0 Å². The maximum Gasteiger partial charge on any atom is 0.351 e. The third-order valence-electron chi connectivity index (χ3n) is 4.18. The van der Waals surface area contributed by atoms with Gasteiger partial charge in [-0.1, -0.05) is 18.5 Å². The fourth-order valence-electron chi connectivity index (χ4n) is 2.88. The third-order valence-corrected chi connectivity index (χ3v) is 4.49. The van der Waals surface area contributed by atoms with Gasteiger partial charge in [0.2, 0.25) is 5.91 Å². The maximum absolute atomic E-state index is 13.1. The average molecular weight is 430 g/mol. The molecule has 30 heavy (non-hydrogen) atoms. The number of nitrogens with one attached hydrogen (secondary N) is 1. The molecular weight excluding hydrogens is 406 g/mol. The highest BCUT2D eigenvalue weighted by atomic mass is 35.5. The number of carbonyl (C=O) groups is 1. The number of ether oxygens (including phenoxy) is 1. The number of carbonyl (C=O) groups excluding carboxylic acids is 1. The van der Waals surface area contributed by atoms with Gasteiger partial charge in [-0.15, -0.1) is 5.10 Å². The van der Waals surface area contributed by atoms with Crippen LogP contribution in [0.25, 0.3) is 17.1 Å². The normalized spacial score (nSPS) is 11.0. The highest BCUT2D eigenvalue weighted by Gasteiger charge is 2.20. The Balaban J connectivity index is 2.07. The predicted molar refractivity (Wildman–Crippen MR) is 115 cm³/mol. The summed E-state index contributed by atoms with van der Waals surface area (Å²) in [7, 11) is 0. The lowest BCUT2D eigenvalue weighted by Crippen LogP contribution is -2.33. The van der Waals surface area contributed by atoms with Crippen LogP contribution < -0.4 is 15.7 Å². The van der Waals surface area contributed by atoms with Crippen molar-refractivity contribution in [2.45, 2.75) is 39.8 Å². The third kappa shape index (κ3) is 4.88. The van der Waals surface area contributed by atoms with Gasteiger partial charge in [0, 0.05) is 24.5 Å². The molecule has 0 radical (unpaired) electrons. The summed E-state index contributed by atoms with van der Waals surface area (Å²) in [4.78, 5) is 29.3. The lowest BCUT2D eigenvalue weighted by atomic mass is 10.2. The molecule has 0 bridgehead atoms. The Hall–Kier alpha value is -3.13. The quantitative estimate of drug-likeness (QED) is 0.594. The van der Waals surface area contributed by atoms with Gasteiger partial charge in [0.15, 0.2) is 5.82 Å². The molecule has 0 saturated carbocycles. The van der Waals surface area contributed by atoms with E-state index in [1.165, 1.54) is 10.8 Å². The van der Waals surface area contributed by atoms with E-state index in [1.54, 1.807) is 36.5 Å². The second kappa shape index (κ2) is 9.58. The minimum absolute atomic E-state index is 0.0362. The standard InChI is InChI=1S/C21H24ClN5O3/c1-4-10-24-19(28)13-26-21(29)27(15-5-7-16(8-6-15)30-14(2)3)20(25-26)17-9-11-23-12-18(17)22/h5-9,11-12,14H,4,10,13H2,1-3H3,(H,24,28). The van der Waals surface area contributed by atoms with Gasteiger partial charge in [-0.25, -0.2) is 14.0 Å². The van der Waals surface area contributed by atoms with Gasteiger partial charge in [0.1, 0.15) is 12.3 Å². The summed E-state index contributed by atoms with van der Waals surface area (Å²) < 4.78 is 8.23. The molecule has 0 unspecified atom stereocenters. The molecular formula is C21H24ClN5O3. The van der Waals surface area contributed by atoms with Gasteiger partial charge in [-0.3, -0.25) is 9.78 Å². The zero-order valence-electron chi connectivity index (χ0n) is 17.1. The van der Waals surface area contributed by atoms with Crippen LogP contribution in [0.3, 0.4) is 0 Å². The van der Waals surface area contributed by atoms with E-state index in [0.717, 1.165) is 11.1 Å². The van der Waals surface area contributed by atoms with Gasteiger partial charge in [-0.2, -0.15) is 0 Å². The summed E-state index contributed by atoms with van der Waals surface area (Å²) in [6.45, 7) is 6.19. The van der Waals surface area contributed by atoms with Gasteiger partial charge >= 0.3 is 5.69 Å². The summed E-state index contributed by atoms with van der Waals surface area (Å²) >= 11 is 6.31. The number of amides is 1. The summed E-state index contributed by atoms with van der Waals surface area (Å²) in [5, 5.41) is 7.50. The molecule has 2 aromatic heterocycles. The summed E-state index contributed by atoms with van der Waals surface area (Å²) in [5.41, 5.74) is 0.681. The molecule has 9 heteroatoms. The number of benzene rings is 1. The van der Waals surface area contributed by atoms with Crippen molar-refractivity contribution in [2.75, 3.05) is 6.54 Å². The molecule has 1 amide bonds. The fourth-order valence-corrected chi connectivity index (χ4v) is 3.08. The average Bonchev–Trinajstić information content (AvgIpc) is 3.03. The first-order valence-corrected chi connectivity index (χ1v) is 10.1. The fraction of sp³-hybridized carbons (Fsp3) is 0.333. The molecule has 0 aliphatic heterocycles. The highest BCUT2D eigenvalue weighted by molar-refractivity contribution is 6.33. The number of halogens is 1. The van der Waals surface area contributed by atoms with Crippen molar-refractivity contribution in [3.63, 3.8) is 0 Å². The molecule has 3 rings (SSSR count). The van der Waals surface area contributed by atoms with Crippen LogP contribution >= 0.6 is 11.6 Å². The Morgan fingerprint density at radius 3 is 2.60 bits per heavy atom. The Labute approximate surface area is 179 Å². The Bertz CT molecular complexity index is 1070. The van der Waals surface area contributed by atoms with Gasteiger partial charge in [-0.05, 0) is 50.6 Å². The van der Waals surface area contributed by atoms with Crippen LogP contribution in [0.5, 0.6) is 5.75 Å². The topological polar surface area (TPSA) is 91.0 Å². The van der Waals surface area contributed by atoms with Gasteiger partial charge in [0.05, 0.1) is 16.8 Å². The number of pyridine rings is 1. The second-order valence-electron chi connectivity index (χ2n) is 6.97. The number of nitrogens with zero attached hydrogens (tertiary/aromatic N) is 4. The van der Waals surface area contributed by atoms with Crippen molar-refractivity contribution < 1.29 is 9.53 Å². The predicted octanol–water partition coefficient (Wildman–Crippen LogP) is 3.06. The maximum atomic E-state index is 13.1. The SMILES string of the molecule is CCCNC(=O)Cn1nc(-c2ccncc2Cl)n(-c2ccc(OC(C)C)cc2)c1=O. The summed E-state index contributed by atoms with van der Waals surface area (Å²) in [5.74, 6) is 0.738. The van der Waals surface area contributed by atoms with E-state index in [9.17, 15) is 9.59 Å². The van der Waals surface area contributed by atoms with E-state index in [4.69, 9.17) is 16.3 Å². The molecule has 0 fully saturated rings.